The van der Waals surface area contributed by atoms with Crippen molar-refractivity contribution in [2.45, 2.75) is 45.6 Å². The molecule has 0 unspecified atom stereocenters. The summed E-state index contributed by atoms with van der Waals surface area (Å²) in [4.78, 5) is 9.47. The second-order valence-corrected chi connectivity index (χ2v) is 10.2. The second kappa shape index (κ2) is 9.10. The minimum atomic E-state index is -3.16. The zero-order valence-electron chi connectivity index (χ0n) is 18.2. The zero-order valence-corrected chi connectivity index (χ0v) is 19.0. The molecule has 3 aromatic rings. The normalized spacial score (nSPS) is 15.8. The van der Waals surface area contributed by atoms with Gasteiger partial charge in [-0.25, -0.2) is 23.1 Å². The van der Waals surface area contributed by atoms with Crippen LogP contribution in [0, 0.1) is 5.92 Å². The van der Waals surface area contributed by atoms with Gasteiger partial charge in [0.15, 0.2) is 5.82 Å². The quantitative estimate of drug-likeness (QED) is 0.516. The van der Waals surface area contributed by atoms with Crippen LogP contribution in [0.4, 0.5) is 5.82 Å². The summed E-state index contributed by atoms with van der Waals surface area (Å²) in [7, 11) is -3.16. The van der Waals surface area contributed by atoms with Gasteiger partial charge in [0, 0.05) is 38.1 Å². The van der Waals surface area contributed by atoms with E-state index in [2.05, 4.69) is 39.4 Å². The van der Waals surface area contributed by atoms with Gasteiger partial charge in [0.05, 0.1) is 17.3 Å². The minimum Gasteiger partial charge on any atom is -0.382 e. The summed E-state index contributed by atoms with van der Waals surface area (Å²) in [6.45, 7) is 5.10. The van der Waals surface area contributed by atoms with Gasteiger partial charge in [-0.05, 0) is 43.2 Å². The van der Waals surface area contributed by atoms with Crippen molar-refractivity contribution in [3.05, 3.63) is 29.6 Å². The molecule has 31 heavy (non-hydrogen) atoms. The van der Waals surface area contributed by atoms with Crippen molar-refractivity contribution < 1.29 is 13.2 Å². The summed E-state index contributed by atoms with van der Waals surface area (Å²) in [6.07, 6.45) is 5.62. The number of imidazole rings is 1. The number of nitrogen functional groups attached to an aromatic ring is 1. The predicted octanol–water partition coefficient (Wildman–Crippen LogP) is 2.64. The number of hydrogen-bond acceptors (Lipinski definition) is 6. The topological polar surface area (TPSA) is 112 Å². The Balaban J connectivity index is 1.67. The van der Waals surface area contributed by atoms with Crippen LogP contribution >= 0.6 is 0 Å². The molecule has 0 bridgehead atoms. The highest BCUT2D eigenvalue weighted by Crippen LogP contribution is 2.31. The molecule has 4 rings (SSSR count). The predicted molar refractivity (Wildman–Crippen MR) is 124 cm³/mol. The average Bonchev–Trinajstić information content (AvgIpc) is 3.10. The number of fused-ring (bicyclic) bond motifs is 3. The SMILES string of the molecule is CCc1nc2c(N)nc3cc(CCCNS(C)(=O)=O)ccc3c2n1CC1CCOCC1. The number of pyridine rings is 1. The summed E-state index contributed by atoms with van der Waals surface area (Å²) < 4.78 is 32.9. The first-order chi connectivity index (χ1) is 14.9. The van der Waals surface area contributed by atoms with Gasteiger partial charge in [-0.1, -0.05) is 19.1 Å². The Bertz CT molecular complexity index is 1180. The summed E-state index contributed by atoms with van der Waals surface area (Å²) in [5, 5.41) is 1.06. The Morgan fingerprint density at radius 2 is 2.03 bits per heavy atom. The smallest absolute Gasteiger partial charge is 0.208 e. The second-order valence-electron chi connectivity index (χ2n) is 8.36. The lowest BCUT2D eigenvalue weighted by Crippen LogP contribution is -2.23. The third-order valence-corrected chi connectivity index (χ3v) is 6.68. The third kappa shape index (κ3) is 4.99. The number of aryl methyl sites for hydroxylation is 2. The fraction of sp³-hybridized carbons (Fsp3) is 0.545. The number of anilines is 1. The van der Waals surface area contributed by atoms with Crippen LogP contribution in [0.2, 0.25) is 0 Å². The van der Waals surface area contributed by atoms with Crippen LogP contribution in [0.5, 0.6) is 0 Å². The highest BCUT2D eigenvalue weighted by atomic mass is 32.2. The molecule has 1 aliphatic heterocycles. The van der Waals surface area contributed by atoms with Crippen molar-refractivity contribution in [1.82, 2.24) is 19.3 Å². The number of benzene rings is 1. The monoisotopic (exact) mass is 445 g/mol. The molecule has 8 nitrogen and oxygen atoms in total. The molecule has 168 valence electrons. The van der Waals surface area contributed by atoms with Crippen molar-refractivity contribution in [2.24, 2.45) is 5.92 Å². The molecule has 0 aliphatic carbocycles. The number of rotatable bonds is 8. The fourth-order valence-corrected chi connectivity index (χ4v) is 4.88. The number of hydrogen-bond donors (Lipinski definition) is 2. The van der Waals surface area contributed by atoms with E-state index in [9.17, 15) is 8.42 Å². The van der Waals surface area contributed by atoms with Gasteiger partial charge < -0.3 is 15.0 Å². The molecule has 0 radical (unpaired) electrons. The maximum absolute atomic E-state index is 11.2. The lowest BCUT2D eigenvalue weighted by molar-refractivity contribution is 0.0614. The summed E-state index contributed by atoms with van der Waals surface area (Å²) in [5.74, 6) is 2.07. The van der Waals surface area contributed by atoms with Crippen molar-refractivity contribution >= 4 is 37.8 Å². The van der Waals surface area contributed by atoms with Crippen molar-refractivity contribution in [3.8, 4) is 0 Å². The number of sulfonamides is 1. The van der Waals surface area contributed by atoms with Gasteiger partial charge in [-0.2, -0.15) is 0 Å². The molecule has 3 N–H and O–H groups in total. The molecular formula is C22H31N5O3S. The molecule has 1 aromatic carbocycles. The molecule has 1 fully saturated rings. The van der Waals surface area contributed by atoms with E-state index in [1.807, 2.05) is 0 Å². The van der Waals surface area contributed by atoms with Crippen LogP contribution in [0.1, 0.15) is 37.6 Å². The van der Waals surface area contributed by atoms with E-state index in [-0.39, 0.29) is 0 Å². The van der Waals surface area contributed by atoms with Gasteiger partial charge in [0.2, 0.25) is 10.0 Å². The molecule has 2 aromatic heterocycles. The molecule has 1 saturated heterocycles. The van der Waals surface area contributed by atoms with E-state index in [0.29, 0.717) is 18.3 Å². The highest BCUT2D eigenvalue weighted by Gasteiger charge is 2.21. The maximum Gasteiger partial charge on any atom is 0.208 e. The molecular weight excluding hydrogens is 414 g/mol. The number of nitrogens with zero attached hydrogens (tertiary/aromatic N) is 3. The summed E-state index contributed by atoms with van der Waals surface area (Å²) in [6, 6.07) is 6.26. The Morgan fingerprint density at radius 1 is 1.26 bits per heavy atom. The van der Waals surface area contributed by atoms with E-state index in [1.54, 1.807) is 0 Å². The van der Waals surface area contributed by atoms with Crippen molar-refractivity contribution in [2.75, 3.05) is 31.7 Å². The van der Waals surface area contributed by atoms with Gasteiger partial charge in [0.1, 0.15) is 11.3 Å². The molecule has 3 heterocycles. The zero-order chi connectivity index (χ0) is 22.0. The first-order valence-corrected chi connectivity index (χ1v) is 12.8. The number of aromatic nitrogens is 3. The molecule has 0 saturated carbocycles. The van der Waals surface area contributed by atoms with Crippen LogP contribution in [-0.2, 0) is 34.1 Å². The Kier molecular flexibility index (Phi) is 6.45. The van der Waals surface area contributed by atoms with Gasteiger partial charge >= 0.3 is 0 Å². The Labute approximate surface area is 183 Å². The number of ether oxygens (including phenoxy) is 1. The Morgan fingerprint density at radius 3 is 2.74 bits per heavy atom. The highest BCUT2D eigenvalue weighted by molar-refractivity contribution is 7.88. The van der Waals surface area contributed by atoms with Gasteiger partial charge in [0.25, 0.3) is 0 Å². The van der Waals surface area contributed by atoms with E-state index in [4.69, 9.17) is 15.5 Å². The lowest BCUT2D eigenvalue weighted by Gasteiger charge is -2.23. The summed E-state index contributed by atoms with van der Waals surface area (Å²) in [5.41, 5.74) is 10.1. The van der Waals surface area contributed by atoms with Crippen LogP contribution in [0.3, 0.4) is 0 Å². The molecule has 1 aliphatic rings. The summed E-state index contributed by atoms with van der Waals surface area (Å²) >= 11 is 0. The van der Waals surface area contributed by atoms with E-state index in [0.717, 1.165) is 85.2 Å². The minimum absolute atomic E-state index is 0.420. The van der Waals surface area contributed by atoms with E-state index in [1.165, 1.54) is 6.26 Å². The standard InChI is InChI=1S/C22H31N5O3S/c1-3-19-26-20-21(27(19)14-16-8-11-30-12-9-16)17-7-6-15(13-18(17)25-22(20)23)5-4-10-24-31(2,28)29/h6-7,13,16,24H,3-5,8-12,14H2,1-2H3,(H2,23,25). The molecule has 0 spiro atoms. The number of nitrogens with one attached hydrogen (secondary N) is 1. The third-order valence-electron chi connectivity index (χ3n) is 5.95. The average molecular weight is 446 g/mol. The van der Waals surface area contributed by atoms with Crippen LogP contribution in [0.15, 0.2) is 18.2 Å². The first-order valence-electron chi connectivity index (χ1n) is 11.0. The molecule has 9 heteroatoms. The van der Waals surface area contributed by atoms with Gasteiger partial charge in [-0.3, -0.25) is 0 Å². The van der Waals surface area contributed by atoms with Crippen LogP contribution in [-0.4, -0.2) is 49.0 Å². The van der Waals surface area contributed by atoms with Crippen molar-refractivity contribution in [1.29, 1.82) is 0 Å². The largest absolute Gasteiger partial charge is 0.382 e. The van der Waals surface area contributed by atoms with E-state index < -0.39 is 10.0 Å². The lowest BCUT2D eigenvalue weighted by atomic mass is 10.00. The van der Waals surface area contributed by atoms with Crippen LogP contribution < -0.4 is 10.5 Å². The number of nitrogens with two attached hydrogens (primary N) is 1. The van der Waals surface area contributed by atoms with E-state index >= 15 is 0 Å². The van der Waals surface area contributed by atoms with Crippen molar-refractivity contribution in [3.63, 3.8) is 0 Å². The Hall–Kier alpha value is -2.23. The molecule has 0 atom stereocenters. The van der Waals surface area contributed by atoms with Crippen LogP contribution in [0.25, 0.3) is 21.9 Å². The molecule has 0 amide bonds. The fourth-order valence-electron chi connectivity index (χ4n) is 4.36. The van der Waals surface area contributed by atoms with Gasteiger partial charge in [-0.15, -0.1) is 0 Å². The first kappa shape index (κ1) is 22.0. The maximum atomic E-state index is 11.2.